The number of amides is 1. The number of benzene rings is 2. The lowest BCUT2D eigenvalue weighted by atomic mass is 9.96. The zero-order chi connectivity index (χ0) is 22.8. The molecule has 0 aliphatic carbocycles. The average molecular weight is 468 g/mol. The molecule has 8 heteroatoms. The number of ether oxygens (including phenoxy) is 3. The smallest absolute Gasteiger partial charge is 0.225 e. The first kappa shape index (κ1) is 21.8. The van der Waals surface area contributed by atoms with Crippen molar-refractivity contribution in [2.45, 2.75) is 32.7 Å². The van der Waals surface area contributed by atoms with Crippen LogP contribution in [0.4, 0.5) is 5.13 Å². The molecule has 0 bridgehead atoms. The van der Waals surface area contributed by atoms with E-state index in [0.717, 1.165) is 57.5 Å². The van der Waals surface area contributed by atoms with Gasteiger partial charge in [-0.05, 0) is 62.6 Å². The lowest BCUT2D eigenvalue weighted by Crippen LogP contribution is -2.43. The standard InChI is InChI=1S/C25H29N3O4S/c1-3-30-19-7-8-20-23(14-19)33-25(27-20)28-10-4-5-18(15-28)24(29)26-16(2)17-6-9-21-22(13-17)32-12-11-31-21/h6-9,13-14,16,18H,3-5,10-12,15H2,1-2H3,(H,26,29)/t16-,18-/m0/s1. The number of piperidine rings is 1. The van der Waals surface area contributed by atoms with Gasteiger partial charge in [0, 0.05) is 13.1 Å². The van der Waals surface area contributed by atoms with Crippen LogP contribution in [0.5, 0.6) is 17.2 Å². The van der Waals surface area contributed by atoms with Crippen LogP contribution in [0.25, 0.3) is 10.2 Å². The van der Waals surface area contributed by atoms with Gasteiger partial charge in [0.1, 0.15) is 19.0 Å². The van der Waals surface area contributed by atoms with Crippen LogP contribution < -0.4 is 24.4 Å². The minimum atomic E-state index is -0.108. The van der Waals surface area contributed by atoms with Gasteiger partial charge in [0.15, 0.2) is 16.6 Å². The minimum Gasteiger partial charge on any atom is -0.494 e. The zero-order valence-electron chi connectivity index (χ0n) is 19.0. The Labute approximate surface area is 197 Å². The second kappa shape index (κ2) is 9.47. The van der Waals surface area contributed by atoms with Gasteiger partial charge in [-0.15, -0.1) is 0 Å². The Morgan fingerprint density at radius 3 is 2.94 bits per heavy atom. The molecule has 174 valence electrons. The van der Waals surface area contributed by atoms with E-state index in [2.05, 4.69) is 10.2 Å². The van der Waals surface area contributed by atoms with E-state index in [1.807, 2.05) is 50.2 Å². The van der Waals surface area contributed by atoms with Crippen LogP contribution in [0, 0.1) is 5.92 Å². The Morgan fingerprint density at radius 1 is 1.24 bits per heavy atom. The molecular formula is C25H29N3O4S. The van der Waals surface area contributed by atoms with Crippen molar-refractivity contribution in [3.05, 3.63) is 42.0 Å². The first-order chi connectivity index (χ1) is 16.1. The summed E-state index contributed by atoms with van der Waals surface area (Å²) in [7, 11) is 0. The molecule has 2 aromatic carbocycles. The third-order valence-electron chi connectivity index (χ3n) is 6.15. The first-order valence-corrected chi connectivity index (χ1v) is 12.4. The van der Waals surface area contributed by atoms with Crippen LogP contribution >= 0.6 is 11.3 Å². The number of carbonyl (C=O) groups is 1. The van der Waals surface area contributed by atoms with Gasteiger partial charge in [-0.3, -0.25) is 4.79 Å². The van der Waals surface area contributed by atoms with E-state index in [0.29, 0.717) is 26.4 Å². The Bertz CT molecular complexity index is 1150. The molecule has 3 aromatic rings. The summed E-state index contributed by atoms with van der Waals surface area (Å²) in [5.41, 5.74) is 1.98. The maximum Gasteiger partial charge on any atom is 0.225 e. The molecule has 1 aromatic heterocycles. The van der Waals surface area contributed by atoms with Gasteiger partial charge >= 0.3 is 0 Å². The number of nitrogens with zero attached hydrogens (tertiary/aromatic N) is 2. The number of fused-ring (bicyclic) bond motifs is 2. The van der Waals surface area contributed by atoms with Crippen LogP contribution in [0.1, 0.15) is 38.3 Å². The van der Waals surface area contributed by atoms with Crippen molar-refractivity contribution in [2.75, 3.05) is 37.8 Å². The summed E-state index contributed by atoms with van der Waals surface area (Å²) in [5.74, 6) is 2.39. The van der Waals surface area contributed by atoms with Crippen LogP contribution in [-0.4, -0.2) is 43.8 Å². The summed E-state index contributed by atoms with van der Waals surface area (Å²) in [6.45, 7) is 7.35. The molecule has 1 fully saturated rings. The molecule has 1 saturated heterocycles. The molecule has 1 amide bonds. The number of hydrogen-bond donors (Lipinski definition) is 1. The van der Waals surface area contributed by atoms with Gasteiger partial charge in [-0.2, -0.15) is 0 Å². The molecule has 2 aliphatic rings. The van der Waals surface area contributed by atoms with E-state index in [1.54, 1.807) is 11.3 Å². The van der Waals surface area contributed by atoms with Gasteiger partial charge in [0.2, 0.25) is 5.91 Å². The summed E-state index contributed by atoms with van der Waals surface area (Å²) >= 11 is 1.66. The molecule has 5 rings (SSSR count). The first-order valence-electron chi connectivity index (χ1n) is 11.6. The predicted molar refractivity (Wildman–Crippen MR) is 130 cm³/mol. The van der Waals surface area contributed by atoms with Gasteiger partial charge in [0.05, 0.1) is 28.8 Å². The SMILES string of the molecule is CCOc1ccc2nc(N3CCC[C@H](C(=O)N[C@@H](C)c4ccc5c(c4)OCCO5)C3)sc2c1. The van der Waals surface area contributed by atoms with E-state index >= 15 is 0 Å². The van der Waals surface area contributed by atoms with Crippen molar-refractivity contribution >= 4 is 32.6 Å². The summed E-state index contributed by atoms with van der Waals surface area (Å²) in [6, 6.07) is 11.8. The Kier molecular flexibility index (Phi) is 6.26. The maximum atomic E-state index is 13.1. The van der Waals surface area contributed by atoms with Gasteiger partial charge in [-0.25, -0.2) is 4.98 Å². The molecule has 2 aliphatic heterocycles. The van der Waals surface area contributed by atoms with Crippen molar-refractivity contribution in [1.29, 1.82) is 0 Å². The molecule has 3 heterocycles. The van der Waals surface area contributed by atoms with Crippen molar-refractivity contribution in [3.8, 4) is 17.2 Å². The van der Waals surface area contributed by atoms with Crippen LogP contribution in [0.2, 0.25) is 0 Å². The van der Waals surface area contributed by atoms with Gasteiger partial charge < -0.3 is 24.4 Å². The quantitative estimate of drug-likeness (QED) is 0.573. The predicted octanol–water partition coefficient (Wildman–Crippen LogP) is 4.56. The van der Waals surface area contributed by atoms with Gasteiger partial charge in [0.25, 0.3) is 0 Å². The second-order valence-electron chi connectivity index (χ2n) is 8.48. The Balaban J connectivity index is 1.24. The molecule has 0 spiro atoms. The highest BCUT2D eigenvalue weighted by atomic mass is 32.1. The van der Waals surface area contributed by atoms with Crippen molar-refractivity contribution in [3.63, 3.8) is 0 Å². The number of thiazole rings is 1. The van der Waals surface area contributed by atoms with Crippen molar-refractivity contribution in [1.82, 2.24) is 10.3 Å². The summed E-state index contributed by atoms with van der Waals surface area (Å²) in [6.07, 6.45) is 1.85. The minimum absolute atomic E-state index is 0.0654. The van der Waals surface area contributed by atoms with E-state index in [-0.39, 0.29) is 17.9 Å². The highest BCUT2D eigenvalue weighted by molar-refractivity contribution is 7.22. The number of aromatic nitrogens is 1. The topological polar surface area (TPSA) is 72.9 Å². The lowest BCUT2D eigenvalue weighted by molar-refractivity contribution is -0.125. The summed E-state index contributed by atoms with van der Waals surface area (Å²) in [4.78, 5) is 20.2. The Hall–Kier alpha value is -3.00. The molecule has 0 saturated carbocycles. The fraction of sp³-hybridized carbons (Fsp3) is 0.440. The third-order valence-corrected chi connectivity index (χ3v) is 7.23. The number of anilines is 1. The van der Waals surface area contributed by atoms with Crippen molar-refractivity contribution < 1.29 is 19.0 Å². The normalized spacial score (nSPS) is 18.7. The molecule has 0 unspecified atom stereocenters. The van der Waals surface area contributed by atoms with Crippen molar-refractivity contribution in [2.24, 2.45) is 5.92 Å². The monoisotopic (exact) mass is 467 g/mol. The van der Waals surface area contributed by atoms with E-state index in [9.17, 15) is 4.79 Å². The Morgan fingerprint density at radius 2 is 2.09 bits per heavy atom. The molecule has 33 heavy (non-hydrogen) atoms. The van der Waals surface area contributed by atoms with E-state index < -0.39 is 0 Å². The molecule has 0 radical (unpaired) electrons. The molecule has 1 N–H and O–H groups in total. The number of rotatable bonds is 6. The van der Waals surface area contributed by atoms with E-state index in [1.165, 1.54) is 0 Å². The van der Waals surface area contributed by atoms with Crippen LogP contribution in [0.15, 0.2) is 36.4 Å². The average Bonchev–Trinajstić information content (AvgIpc) is 3.27. The van der Waals surface area contributed by atoms with E-state index in [4.69, 9.17) is 19.2 Å². The van der Waals surface area contributed by atoms with Crippen LogP contribution in [-0.2, 0) is 4.79 Å². The fourth-order valence-electron chi connectivity index (χ4n) is 4.39. The van der Waals surface area contributed by atoms with Crippen LogP contribution in [0.3, 0.4) is 0 Å². The maximum absolute atomic E-state index is 13.1. The summed E-state index contributed by atoms with van der Waals surface area (Å²) in [5, 5.41) is 4.17. The zero-order valence-corrected chi connectivity index (χ0v) is 19.8. The van der Waals surface area contributed by atoms with Gasteiger partial charge in [-0.1, -0.05) is 17.4 Å². The number of carbonyl (C=O) groups excluding carboxylic acids is 1. The number of nitrogens with one attached hydrogen (secondary N) is 1. The number of hydrogen-bond acceptors (Lipinski definition) is 7. The largest absolute Gasteiger partial charge is 0.494 e. The highest BCUT2D eigenvalue weighted by Gasteiger charge is 2.28. The second-order valence-corrected chi connectivity index (χ2v) is 9.49. The lowest BCUT2D eigenvalue weighted by Gasteiger charge is -2.32. The fourth-order valence-corrected chi connectivity index (χ4v) is 5.42. The molecule has 7 nitrogen and oxygen atoms in total. The molecular weight excluding hydrogens is 438 g/mol. The third kappa shape index (κ3) is 4.71. The molecule has 2 atom stereocenters. The highest BCUT2D eigenvalue weighted by Crippen LogP contribution is 2.35. The summed E-state index contributed by atoms with van der Waals surface area (Å²) < 4.78 is 18.0.